The van der Waals surface area contributed by atoms with Crippen LogP contribution in [0.15, 0.2) is 61.1 Å². The van der Waals surface area contributed by atoms with Crippen molar-refractivity contribution in [1.82, 2.24) is 24.6 Å². The Kier molecular flexibility index (Phi) is 6.33. The van der Waals surface area contributed by atoms with Gasteiger partial charge in [-0.15, -0.1) is 0 Å². The zero-order chi connectivity index (χ0) is 24.4. The number of aromatic nitrogens is 4. The van der Waals surface area contributed by atoms with Crippen LogP contribution in [0.4, 0.5) is 11.5 Å². The molecule has 0 radical (unpaired) electrons. The first-order valence-electron chi connectivity index (χ1n) is 11.3. The summed E-state index contributed by atoms with van der Waals surface area (Å²) in [7, 11) is 0. The van der Waals surface area contributed by atoms with E-state index in [1.165, 1.54) is 6.92 Å². The standard InChI is InChI=1S/C25H24ClN7O2/c1-17(34)30-20-7-5-18(6-8-20)13-23(35)31-9-11-32(12-10-31)24-22-15-29-33(25(22)28-16-27-24)21-4-2-3-19(26)14-21/h2-8,14-16H,9-13H2,1H3,(H,30,34). The van der Waals surface area contributed by atoms with Crippen molar-refractivity contribution in [3.8, 4) is 5.69 Å². The fourth-order valence-corrected chi connectivity index (χ4v) is 4.43. The second kappa shape index (κ2) is 9.71. The summed E-state index contributed by atoms with van der Waals surface area (Å²) >= 11 is 6.15. The van der Waals surface area contributed by atoms with Crippen LogP contribution in [0.2, 0.25) is 5.02 Å². The quantitative estimate of drug-likeness (QED) is 0.462. The Morgan fingerprint density at radius 3 is 2.51 bits per heavy atom. The van der Waals surface area contributed by atoms with Gasteiger partial charge in [-0.2, -0.15) is 5.10 Å². The molecular weight excluding hydrogens is 466 g/mol. The molecule has 0 aliphatic carbocycles. The van der Waals surface area contributed by atoms with Gasteiger partial charge in [-0.3, -0.25) is 9.59 Å². The van der Waals surface area contributed by atoms with Crippen molar-refractivity contribution in [2.24, 2.45) is 0 Å². The first kappa shape index (κ1) is 22.8. The van der Waals surface area contributed by atoms with Crippen LogP contribution in [-0.4, -0.2) is 62.6 Å². The van der Waals surface area contributed by atoms with Gasteiger partial charge in [-0.25, -0.2) is 14.6 Å². The summed E-state index contributed by atoms with van der Waals surface area (Å²) in [6.45, 7) is 4.02. The molecule has 5 rings (SSSR count). The van der Waals surface area contributed by atoms with Crippen LogP contribution in [0.3, 0.4) is 0 Å². The molecule has 0 unspecified atom stereocenters. The highest BCUT2D eigenvalue weighted by atomic mass is 35.5. The fourth-order valence-electron chi connectivity index (χ4n) is 4.24. The molecule has 178 valence electrons. The number of anilines is 2. The number of benzene rings is 2. The Bertz CT molecular complexity index is 1380. The number of hydrogen-bond acceptors (Lipinski definition) is 6. The third kappa shape index (κ3) is 4.95. The van der Waals surface area contributed by atoms with Crippen molar-refractivity contribution < 1.29 is 9.59 Å². The van der Waals surface area contributed by atoms with Gasteiger partial charge in [0.25, 0.3) is 0 Å². The number of carbonyl (C=O) groups excluding carboxylic acids is 2. The van der Waals surface area contributed by atoms with E-state index in [4.69, 9.17) is 11.6 Å². The van der Waals surface area contributed by atoms with Crippen molar-refractivity contribution in [2.45, 2.75) is 13.3 Å². The molecule has 2 aromatic carbocycles. The molecule has 0 bridgehead atoms. The molecule has 10 heteroatoms. The number of carbonyl (C=O) groups is 2. The van der Waals surface area contributed by atoms with Crippen LogP contribution < -0.4 is 10.2 Å². The largest absolute Gasteiger partial charge is 0.352 e. The van der Waals surface area contributed by atoms with Gasteiger partial charge in [0.15, 0.2) is 5.65 Å². The van der Waals surface area contributed by atoms with Gasteiger partial charge in [0, 0.05) is 43.8 Å². The molecule has 9 nitrogen and oxygen atoms in total. The molecule has 0 spiro atoms. The second-order valence-electron chi connectivity index (χ2n) is 8.39. The number of fused-ring (bicyclic) bond motifs is 1. The maximum atomic E-state index is 12.9. The molecule has 0 saturated carbocycles. The van der Waals surface area contributed by atoms with Gasteiger partial charge in [0.1, 0.15) is 12.1 Å². The van der Waals surface area contributed by atoms with Gasteiger partial charge < -0.3 is 15.1 Å². The first-order chi connectivity index (χ1) is 17.0. The third-order valence-electron chi connectivity index (χ3n) is 5.96. The van der Waals surface area contributed by atoms with E-state index in [0.29, 0.717) is 43.3 Å². The zero-order valence-electron chi connectivity index (χ0n) is 19.2. The van der Waals surface area contributed by atoms with E-state index in [2.05, 4.69) is 25.3 Å². The Hall–Kier alpha value is -3.98. The number of nitrogens with one attached hydrogen (secondary N) is 1. The number of amides is 2. The Labute approximate surface area is 207 Å². The lowest BCUT2D eigenvalue weighted by Crippen LogP contribution is -2.49. The van der Waals surface area contributed by atoms with Crippen molar-refractivity contribution >= 4 is 46.0 Å². The van der Waals surface area contributed by atoms with E-state index >= 15 is 0 Å². The Morgan fingerprint density at radius 1 is 1.03 bits per heavy atom. The predicted octanol–water partition coefficient (Wildman–Crippen LogP) is 3.32. The molecule has 2 amide bonds. The number of hydrogen-bond donors (Lipinski definition) is 1. The molecule has 4 aromatic rings. The molecule has 1 aliphatic heterocycles. The van der Waals surface area contributed by atoms with Crippen LogP contribution in [0, 0.1) is 0 Å². The van der Waals surface area contributed by atoms with E-state index in [-0.39, 0.29) is 11.8 Å². The second-order valence-corrected chi connectivity index (χ2v) is 8.83. The highest BCUT2D eigenvalue weighted by Crippen LogP contribution is 2.26. The van der Waals surface area contributed by atoms with Crippen molar-refractivity contribution in [2.75, 3.05) is 36.4 Å². The summed E-state index contributed by atoms with van der Waals surface area (Å²) in [5.41, 5.74) is 3.17. The highest BCUT2D eigenvalue weighted by Gasteiger charge is 2.24. The zero-order valence-corrected chi connectivity index (χ0v) is 19.9. The summed E-state index contributed by atoms with van der Waals surface area (Å²) in [6, 6.07) is 14.8. The smallest absolute Gasteiger partial charge is 0.227 e. The summed E-state index contributed by atoms with van der Waals surface area (Å²) < 4.78 is 1.75. The molecule has 1 fully saturated rings. The molecule has 1 saturated heterocycles. The Balaban J connectivity index is 1.25. The van der Waals surface area contributed by atoms with Gasteiger partial charge >= 0.3 is 0 Å². The molecule has 2 aromatic heterocycles. The van der Waals surface area contributed by atoms with Crippen molar-refractivity contribution in [1.29, 1.82) is 0 Å². The van der Waals surface area contributed by atoms with E-state index in [1.54, 1.807) is 17.2 Å². The van der Waals surface area contributed by atoms with Crippen molar-refractivity contribution in [3.63, 3.8) is 0 Å². The lowest BCUT2D eigenvalue weighted by Gasteiger charge is -2.35. The van der Waals surface area contributed by atoms with Crippen LogP contribution in [0.5, 0.6) is 0 Å². The first-order valence-corrected chi connectivity index (χ1v) is 11.7. The van der Waals surface area contributed by atoms with Gasteiger partial charge in [0.2, 0.25) is 11.8 Å². The lowest BCUT2D eigenvalue weighted by molar-refractivity contribution is -0.130. The van der Waals surface area contributed by atoms with Crippen LogP contribution in [0.25, 0.3) is 16.7 Å². The molecule has 35 heavy (non-hydrogen) atoms. The maximum absolute atomic E-state index is 12.9. The molecular formula is C25H24ClN7O2. The third-order valence-corrected chi connectivity index (χ3v) is 6.19. The summed E-state index contributed by atoms with van der Waals surface area (Å²) in [5.74, 6) is 0.770. The molecule has 1 N–H and O–H groups in total. The molecule has 0 atom stereocenters. The van der Waals surface area contributed by atoms with E-state index in [1.807, 2.05) is 53.4 Å². The van der Waals surface area contributed by atoms with E-state index in [0.717, 1.165) is 28.1 Å². The minimum atomic E-state index is -0.121. The van der Waals surface area contributed by atoms with E-state index < -0.39 is 0 Å². The minimum Gasteiger partial charge on any atom is -0.352 e. The van der Waals surface area contributed by atoms with E-state index in [9.17, 15) is 9.59 Å². The number of rotatable bonds is 5. The van der Waals surface area contributed by atoms with Crippen LogP contribution in [-0.2, 0) is 16.0 Å². The number of piperazine rings is 1. The van der Waals surface area contributed by atoms with Crippen molar-refractivity contribution in [3.05, 3.63) is 71.6 Å². The lowest BCUT2D eigenvalue weighted by atomic mass is 10.1. The average molecular weight is 490 g/mol. The SMILES string of the molecule is CC(=O)Nc1ccc(CC(=O)N2CCN(c3ncnc4c3cnn4-c3cccc(Cl)c3)CC2)cc1. The molecule has 3 heterocycles. The number of nitrogens with zero attached hydrogens (tertiary/aromatic N) is 6. The minimum absolute atomic E-state index is 0.0820. The maximum Gasteiger partial charge on any atom is 0.227 e. The normalized spacial score (nSPS) is 13.8. The summed E-state index contributed by atoms with van der Waals surface area (Å²) in [4.78, 5) is 37.0. The topological polar surface area (TPSA) is 96.2 Å². The summed E-state index contributed by atoms with van der Waals surface area (Å²) in [6.07, 6.45) is 3.64. The average Bonchev–Trinajstić information content (AvgIpc) is 3.29. The monoisotopic (exact) mass is 489 g/mol. The van der Waals surface area contributed by atoms with Gasteiger partial charge in [-0.05, 0) is 35.9 Å². The molecule has 1 aliphatic rings. The predicted molar refractivity (Wildman–Crippen MR) is 135 cm³/mol. The number of halogens is 1. The van der Waals surface area contributed by atoms with Gasteiger partial charge in [0.05, 0.1) is 23.7 Å². The van der Waals surface area contributed by atoms with Crippen LogP contribution in [0.1, 0.15) is 12.5 Å². The van der Waals surface area contributed by atoms with Gasteiger partial charge in [-0.1, -0.05) is 29.8 Å². The Morgan fingerprint density at radius 2 is 1.80 bits per heavy atom. The highest BCUT2D eigenvalue weighted by molar-refractivity contribution is 6.30. The fraction of sp³-hybridized carbons (Fsp3) is 0.240. The summed E-state index contributed by atoms with van der Waals surface area (Å²) in [5, 5.41) is 8.73. The van der Waals surface area contributed by atoms with Crippen LogP contribution >= 0.6 is 11.6 Å².